The molecule has 0 saturated heterocycles. The number of nitriles is 1. The van der Waals surface area contributed by atoms with Gasteiger partial charge in [0.15, 0.2) is 0 Å². The third kappa shape index (κ3) is 4.21. The smallest absolute Gasteiger partial charge is 0.257 e. The van der Waals surface area contributed by atoms with Crippen LogP contribution >= 0.6 is 0 Å². The van der Waals surface area contributed by atoms with E-state index in [1.54, 1.807) is 4.31 Å². The highest BCUT2D eigenvalue weighted by Gasteiger charge is 2.31. The number of hydrogen-bond acceptors (Lipinski definition) is 5. The molecule has 0 radical (unpaired) electrons. The van der Waals surface area contributed by atoms with Crippen LogP contribution in [-0.2, 0) is 14.8 Å². The van der Waals surface area contributed by atoms with Crippen molar-refractivity contribution >= 4 is 15.9 Å². The first-order valence-electron chi connectivity index (χ1n) is 9.66. The molecule has 0 aromatic heterocycles. The van der Waals surface area contributed by atoms with E-state index in [9.17, 15) is 13.2 Å². The molecule has 3 rings (SSSR count). The quantitative estimate of drug-likeness (QED) is 0.787. The highest BCUT2D eigenvalue weighted by atomic mass is 32.2. The molecule has 0 atom stereocenters. The average molecular weight is 404 g/mol. The SMILES string of the molecule is CCN(C1CCCCC1)S(=O)(=O)c1ccc(C(=O)NC2=C(C#N)CCO2)cc1. The van der Waals surface area contributed by atoms with Gasteiger partial charge in [-0.3, -0.25) is 10.1 Å². The molecule has 1 aromatic rings. The van der Waals surface area contributed by atoms with Gasteiger partial charge in [-0.1, -0.05) is 26.2 Å². The van der Waals surface area contributed by atoms with Crippen LogP contribution in [0.15, 0.2) is 40.6 Å². The van der Waals surface area contributed by atoms with Crippen LogP contribution in [-0.4, -0.2) is 37.8 Å². The van der Waals surface area contributed by atoms with Crippen molar-refractivity contribution in [2.45, 2.75) is 56.4 Å². The van der Waals surface area contributed by atoms with Gasteiger partial charge in [0.1, 0.15) is 6.07 Å². The second kappa shape index (κ2) is 8.76. The maximum atomic E-state index is 13.1. The Morgan fingerprint density at radius 3 is 2.54 bits per heavy atom. The molecular formula is C20H25N3O4S. The van der Waals surface area contributed by atoms with Gasteiger partial charge in [0.2, 0.25) is 15.9 Å². The Kier molecular flexibility index (Phi) is 6.37. The lowest BCUT2D eigenvalue weighted by Gasteiger charge is -2.32. The highest BCUT2D eigenvalue weighted by Crippen LogP contribution is 2.27. The Balaban J connectivity index is 1.75. The lowest BCUT2D eigenvalue weighted by molar-refractivity contribution is 0.0930. The molecule has 7 nitrogen and oxygen atoms in total. The van der Waals surface area contributed by atoms with Crippen LogP contribution in [0.1, 0.15) is 55.8 Å². The van der Waals surface area contributed by atoms with E-state index in [0.29, 0.717) is 30.7 Å². The van der Waals surface area contributed by atoms with Crippen molar-refractivity contribution in [3.8, 4) is 6.07 Å². The topological polar surface area (TPSA) is 99.5 Å². The number of ether oxygens (including phenoxy) is 1. The zero-order valence-electron chi connectivity index (χ0n) is 16.0. The van der Waals surface area contributed by atoms with Crippen molar-refractivity contribution in [2.75, 3.05) is 13.2 Å². The second-order valence-corrected chi connectivity index (χ2v) is 8.89. The molecule has 8 heteroatoms. The molecule has 0 unspecified atom stereocenters. The van der Waals surface area contributed by atoms with Gasteiger partial charge >= 0.3 is 0 Å². The van der Waals surface area contributed by atoms with Crippen LogP contribution in [0.2, 0.25) is 0 Å². The average Bonchev–Trinajstić information content (AvgIpc) is 3.16. The van der Waals surface area contributed by atoms with Gasteiger partial charge in [0.05, 0.1) is 17.1 Å². The van der Waals surface area contributed by atoms with Gasteiger partial charge in [-0.25, -0.2) is 8.42 Å². The predicted molar refractivity (Wildman–Crippen MR) is 104 cm³/mol. The van der Waals surface area contributed by atoms with Crippen LogP contribution in [0.4, 0.5) is 0 Å². The first-order valence-corrected chi connectivity index (χ1v) is 11.1. The lowest BCUT2D eigenvalue weighted by Crippen LogP contribution is -2.41. The molecule has 150 valence electrons. The number of hydrogen-bond donors (Lipinski definition) is 1. The van der Waals surface area contributed by atoms with Crippen LogP contribution in [0.5, 0.6) is 0 Å². The summed E-state index contributed by atoms with van der Waals surface area (Å²) in [4.78, 5) is 12.6. The Morgan fingerprint density at radius 1 is 1.25 bits per heavy atom. The number of carbonyl (C=O) groups is 1. The van der Waals surface area contributed by atoms with Gasteiger partial charge in [-0.2, -0.15) is 9.57 Å². The van der Waals surface area contributed by atoms with E-state index >= 15 is 0 Å². The minimum absolute atomic E-state index is 0.0441. The summed E-state index contributed by atoms with van der Waals surface area (Å²) in [6, 6.07) is 7.94. The molecule has 1 amide bonds. The number of nitrogens with one attached hydrogen (secondary N) is 1. The standard InChI is InChI=1S/C20H25N3O4S/c1-2-23(17-6-4-3-5-7-17)28(25,26)18-10-8-15(9-11-18)19(24)22-20-16(14-21)12-13-27-20/h8-11,17H,2-7,12-13H2,1H3,(H,22,24). The fraction of sp³-hybridized carbons (Fsp3) is 0.500. The lowest BCUT2D eigenvalue weighted by atomic mass is 9.95. The number of nitrogens with zero attached hydrogens (tertiary/aromatic N) is 2. The molecule has 1 aromatic carbocycles. The van der Waals surface area contributed by atoms with Gasteiger partial charge in [0, 0.05) is 24.6 Å². The van der Waals surface area contributed by atoms with Gasteiger partial charge in [-0.15, -0.1) is 0 Å². The largest absolute Gasteiger partial charge is 0.478 e. The molecule has 0 bridgehead atoms. The van der Waals surface area contributed by atoms with E-state index in [-0.39, 0.29) is 16.8 Å². The second-order valence-electron chi connectivity index (χ2n) is 7.00. The van der Waals surface area contributed by atoms with Crippen LogP contribution in [0.25, 0.3) is 0 Å². The van der Waals surface area contributed by atoms with Gasteiger partial charge < -0.3 is 4.74 Å². The first kappa shape index (κ1) is 20.4. The minimum Gasteiger partial charge on any atom is -0.478 e. The molecule has 1 fully saturated rings. The summed E-state index contributed by atoms with van der Waals surface area (Å²) in [7, 11) is -3.60. The predicted octanol–water partition coefficient (Wildman–Crippen LogP) is 2.92. The van der Waals surface area contributed by atoms with Crippen molar-refractivity contribution in [2.24, 2.45) is 0 Å². The fourth-order valence-corrected chi connectivity index (χ4v) is 5.45. The molecule has 1 saturated carbocycles. The van der Waals surface area contributed by atoms with E-state index in [4.69, 9.17) is 10.00 Å². The van der Waals surface area contributed by atoms with Crippen molar-refractivity contribution in [1.82, 2.24) is 9.62 Å². The molecule has 2 aliphatic rings. The Morgan fingerprint density at radius 2 is 1.93 bits per heavy atom. The summed E-state index contributed by atoms with van der Waals surface area (Å²) < 4.78 is 33.0. The van der Waals surface area contributed by atoms with E-state index in [1.165, 1.54) is 24.3 Å². The van der Waals surface area contributed by atoms with Crippen molar-refractivity contribution in [1.29, 1.82) is 5.26 Å². The molecular weight excluding hydrogens is 378 g/mol. The summed E-state index contributed by atoms with van der Waals surface area (Å²) in [5, 5.41) is 11.6. The summed E-state index contributed by atoms with van der Waals surface area (Å²) in [6.07, 6.45) is 5.52. The highest BCUT2D eigenvalue weighted by molar-refractivity contribution is 7.89. The normalized spacial score (nSPS) is 18.0. The Hall–Kier alpha value is -2.37. The Bertz CT molecular complexity index is 894. The molecule has 1 aliphatic heterocycles. The molecule has 1 heterocycles. The zero-order valence-corrected chi connectivity index (χ0v) is 16.8. The monoisotopic (exact) mass is 403 g/mol. The van der Waals surface area contributed by atoms with E-state index in [2.05, 4.69) is 5.32 Å². The fourth-order valence-electron chi connectivity index (χ4n) is 3.76. The number of benzene rings is 1. The summed E-state index contributed by atoms with van der Waals surface area (Å²) in [5.41, 5.74) is 0.707. The number of carbonyl (C=O) groups excluding carboxylic acids is 1. The van der Waals surface area contributed by atoms with Gasteiger partial charge in [0.25, 0.3) is 5.91 Å². The van der Waals surface area contributed by atoms with Gasteiger partial charge in [-0.05, 0) is 37.1 Å². The van der Waals surface area contributed by atoms with Crippen molar-refractivity contribution in [3.63, 3.8) is 0 Å². The molecule has 0 spiro atoms. The third-order valence-corrected chi connectivity index (χ3v) is 7.29. The first-order chi connectivity index (χ1) is 13.5. The third-order valence-electron chi connectivity index (χ3n) is 5.25. The van der Waals surface area contributed by atoms with E-state index in [0.717, 1.165) is 32.1 Å². The summed E-state index contributed by atoms with van der Waals surface area (Å²) >= 11 is 0. The zero-order chi connectivity index (χ0) is 20.1. The van der Waals surface area contributed by atoms with E-state index in [1.807, 2.05) is 13.0 Å². The molecule has 1 N–H and O–H groups in total. The van der Waals surface area contributed by atoms with Crippen molar-refractivity contribution < 1.29 is 17.9 Å². The van der Waals surface area contributed by atoms with Crippen LogP contribution < -0.4 is 5.32 Å². The maximum absolute atomic E-state index is 13.1. The Labute approximate surface area is 166 Å². The van der Waals surface area contributed by atoms with Crippen LogP contribution in [0.3, 0.4) is 0 Å². The van der Waals surface area contributed by atoms with Crippen LogP contribution in [0, 0.1) is 11.3 Å². The van der Waals surface area contributed by atoms with E-state index < -0.39 is 15.9 Å². The molecule has 28 heavy (non-hydrogen) atoms. The number of sulfonamides is 1. The summed E-state index contributed by atoms with van der Waals surface area (Å²) in [5.74, 6) is -0.258. The van der Waals surface area contributed by atoms with Crippen molar-refractivity contribution in [3.05, 3.63) is 41.3 Å². The maximum Gasteiger partial charge on any atom is 0.257 e. The number of rotatable bonds is 6. The minimum atomic E-state index is -3.60. The number of amides is 1. The summed E-state index contributed by atoms with van der Waals surface area (Å²) in [6.45, 7) is 2.65. The molecule has 1 aliphatic carbocycles.